The molecule has 2 aromatic rings. The molecular weight excluding hydrogens is 297 g/mol. The third-order valence-corrected chi connectivity index (χ3v) is 3.06. The van der Waals surface area contributed by atoms with Gasteiger partial charge in [0.1, 0.15) is 5.82 Å². The van der Waals surface area contributed by atoms with Crippen LogP contribution < -0.4 is 5.73 Å². The molecule has 0 saturated heterocycles. The van der Waals surface area contributed by atoms with Crippen molar-refractivity contribution < 1.29 is 18.7 Å². The lowest BCUT2D eigenvalue weighted by molar-refractivity contribution is 0.0475. The Morgan fingerprint density at radius 1 is 1.14 bits per heavy atom. The second-order valence-electron chi connectivity index (χ2n) is 4.25. The summed E-state index contributed by atoms with van der Waals surface area (Å²) in [6.07, 6.45) is 0. The Morgan fingerprint density at radius 2 is 1.90 bits per heavy atom. The summed E-state index contributed by atoms with van der Waals surface area (Å²) in [5.74, 6) is -1.73. The van der Waals surface area contributed by atoms with Crippen LogP contribution in [0.4, 0.5) is 10.1 Å². The van der Waals surface area contributed by atoms with E-state index in [9.17, 15) is 14.0 Å². The topological polar surface area (TPSA) is 69.4 Å². The summed E-state index contributed by atoms with van der Waals surface area (Å²) in [7, 11) is 0. The lowest BCUT2D eigenvalue weighted by Gasteiger charge is -2.06. The zero-order valence-electron chi connectivity index (χ0n) is 10.8. The molecule has 0 fully saturated rings. The maximum atomic E-state index is 13.0. The maximum Gasteiger partial charge on any atom is 0.338 e. The van der Waals surface area contributed by atoms with Crippen molar-refractivity contribution in [2.45, 2.75) is 0 Å². The number of nitrogen functional groups attached to an aromatic ring is 1. The molecule has 0 saturated carbocycles. The molecule has 0 atom stereocenters. The molecule has 0 heterocycles. The summed E-state index contributed by atoms with van der Waals surface area (Å²) >= 11 is 5.74. The SMILES string of the molecule is Nc1cc(C(=O)OCC(=O)c2cccc(F)c2)ccc1Cl. The van der Waals surface area contributed by atoms with Crippen molar-refractivity contribution in [2.24, 2.45) is 0 Å². The van der Waals surface area contributed by atoms with Gasteiger partial charge in [-0.2, -0.15) is 0 Å². The fraction of sp³-hybridized carbons (Fsp3) is 0.0667. The van der Waals surface area contributed by atoms with Crippen molar-refractivity contribution in [1.29, 1.82) is 0 Å². The Hall–Kier alpha value is -2.40. The molecule has 0 aliphatic carbocycles. The lowest BCUT2D eigenvalue weighted by Crippen LogP contribution is -2.14. The summed E-state index contributed by atoms with van der Waals surface area (Å²) in [5.41, 5.74) is 6.13. The first-order chi connectivity index (χ1) is 9.97. The predicted octanol–water partition coefficient (Wildman–Crippen LogP) is 3.10. The molecule has 108 valence electrons. The largest absolute Gasteiger partial charge is 0.454 e. The van der Waals surface area contributed by atoms with Crippen LogP contribution in [0.3, 0.4) is 0 Å². The molecule has 4 nitrogen and oxygen atoms in total. The second-order valence-corrected chi connectivity index (χ2v) is 4.65. The van der Waals surface area contributed by atoms with Crippen molar-refractivity contribution in [2.75, 3.05) is 12.3 Å². The summed E-state index contributed by atoms with van der Waals surface area (Å²) in [6.45, 7) is -0.481. The highest BCUT2D eigenvalue weighted by molar-refractivity contribution is 6.33. The minimum atomic E-state index is -0.705. The highest BCUT2D eigenvalue weighted by atomic mass is 35.5. The van der Waals surface area contributed by atoms with Crippen LogP contribution in [0.15, 0.2) is 42.5 Å². The number of hydrogen-bond acceptors (Lipinski definition) is 4. The van der Waals surface area contributed by atoms with Gasteiger partial charge in [-0.3, -0.25) is 4.79 Å². The minimum absolute atomic E-state index is 0.137. The number of benzene rings is 2. The summed E-state index contributed by atoms with van der Waals surface area (Å²) in [4.78, 5) is 23.5. The fourth-order valence-corrected chi connectivity index (χ4v) is 1.75. The molecule has 0 unspecified atom stereocenters. The second kappa shape index (κ2) is 6.37. The molecule has 0 bridgehead atoms. The number of nitrogens with two attached hydrogens (primary N) is 1. The van der Waals surface area contributed by atoms with E-state index in [0.717, 1.165) is 6.07 Å². The van der Waals surface area contributed by atoms with E-state index < -0.39 is 24.2 Å². The predicted molar refractivity (Wildman–Crippen MR) is 76.9 cm³/mol. The molecule has 0 radical (unpaired) electrons. The Balaban J connectivity index is 2.00. The minimum Gasteiger partial charge on any atom is -0.454 e. The quantitative estimate of drug-likeness (QED) is 0.535. The molecule has 0 aliphatic rings. The third-order valence-electron chi connectivity index (χ3n) is 2.71. The number of ether oxygens (including phenoxy) is 1. The van der Waals surface area contributed by atoms with Crippen LogP contribution in [0.5, 0.6) is 0 Å². The average Bonchev–Trinajstić information content (AvgIpc) is 2.47. The first-order valence-corrected chi connectivity index (χ1v) is 6.36. The Morgan fingerprint density at radius 3 is 2.57 bits per heavy atom. The van der Waals surface area contributed by atoms with Crippen LogP contribution in [0.25, 0.3) is 0 Å². The monoisotopic (exact) mass is 307 g/mol. The van der Waals surface area contributed by atoms with Gasteiger partial charge in [0.25, 0.3) is 0 Å². The third kappa shape index (κ3) is 3.79. The highest BCUT2D eigenvalue weighted by Gasteiger charge is 2.13. The molecule has 2 N–H and O–H groups in total. The van der Waals surface area contributed by atoms with Crippen LogP contribution >= 0.6 is 11.6 Å². The fourth-order valence-electron chi connectivity index (χ4n) is 1.63. The van der Waals surface area contributed by atoms with E-state index in [1.165, 1.54) is 36.4 Å². The molecule has 21 heavy (non-hydrogen) atoms. The van der Waals surface area contributed by atoms with Gasteiger partial charge in [-0.15, -0.1) is 0 Å². The van der Waals surface area contributed by atoms with Gasteiger partial charge in [0, 0.05) is 5.56 Å². The number of Topliss-reactive ketones (excluding diaryl/α,β-unsaturated/α-hetero) is 1. The van der Waals surface area contributed by atoms with Gasteiger partial charge in [0.05, 0.1) is 16.3 Å². The molecule has 2 rings (SSSR count). The molecule has 0 amide bonds. The van der Waals surface area contributed by atoms with Crippen LogP contribution in [0.2, 0.25) is 5.02 Å². The molecular formula is C15H11ClFNO3. The Labute approximate surface area is 125 Å². The number of halogens is 2. The number of hydrogen-bond donors (Lipinski definition) is 1. The number of ketones is 1. The van der Waals surface area contributed by atoms with Gasteiger partial charge >= 0.3 is 5.97 Å². The Bertz CT molecular complexity index is 703. The molecule has 0 aliphatic heterocycles. The van der Waals surface area contributed by atoms with E-state index in [1.54, 1.807) is 0 Å². The lowest BCUT2D eigenvalue weighted by atomic mass is 10.1. The van der Waals surface area contributed by atoms with Gasteiger partial charge in [-0.05, 0) is 30.3 Å². The van der Waals surface area contributed by atoms with Crippen LogP contribution in [-0.4, -0.2) is 18.4 Å². The van der Waals surface area contributed by atoms with Crippen molar-refractivity contribution in [3.05, 3.63) is 64.4 Å². The molecule has 6 heteroatoms. The van der Waals surface area contributed by atoms with E-state index in [0.29, 0.717) is 5.02 Å². The van der Waals surface area contributed by atoms with Crippen molar-refractivity contribution in [3.63, 3.8) is 0 Å². The van der Waals surface area contributed by atoms with Gasteiger partial charge in [0.2, 0.25) is 0 Å². The van der Waals surface area contributed by atoms with Crippen LogP contribution in [0, 0.1) is 5.82 Å². The molecule has 0 spiro atoms. The van der Waals surface area contributed by atoms with Crippen molar-refractivity contribution >= 4 is 29.0 Å². The average molecular weight is 308 g/mol. The summed E-state index contributed by atoms with van der Waals surface area (Å²) < 4.78 is 17.9. The number of esters is 1. The summed E-state index contributed by atoms with van der Waals surface area (Å²) in [6, 6.07) is 9.41. The van der Waals surface area contributed by atoms with Crippen molar-refractivity contribution in [1.82, 2.24) is 0 Å². The van der Waals surface area contributed by atoms with E-state index in [1.807, 2.05) is 0 Å². The smallest absolute Gasteiger partial charge is 0.338 e. The summed E-state index contributed by atoms with van der Waals surface area (Å²) in [5, 5.41) is 0.322. The van der Waals surface area contributed by atoms with Crippen LogP contribution in [0.1, 0.15) is 20.7 Å². The normalized spacial score (nSPS) is 10.2. The maximum absolute atomic E-state index is 13.0. The standard InChI is InChI=1S/C15H11ClFNO3/c16-12-5-4-10(7-13(12)18)15(20)21-8-14(19)9-2-1-3-11(17)6-9/h1-7H,8,18H2. The highest BCUT2D eigenvalue weighted by Crippen LogP contribution is 2.20. The van der Waals surface area contributed by atoms with E-state index in [-0.39, 0.29) is 16.8 Å². The number of rotatable bonds is 4. The molecule has 2 aromatic carbocycles. The Kier molecular flexibility index (Phi) is 4.55. The van der Waals surface area contributed by atoms with Gasteiger partial charge in [-0.1, -0.05) is 23.7 Å². The van der Waals surface area contributed by atoms with E-state index in [2.05, 4.69) is 0 Å². The first kappa shape index (κ1) is 15.0. The number of anilines is 1. The molecule has 0 aromatic heterocycles. The van der Waals surface area contributed by atoms with Gasteiger partial charge in [0.15, 0.2) is 12.4 Å². The van der Waals surface area contributed by atoms with Crippen molar-refractivity contribution in [3.8, 4) is 0 Å². The zero-order chi connectivity index (χ0) is 15.4. The number of carbonyl (C=O) groups excluding carboxylic acids is 2. The number of carbonyl (C=O) groups is 2. The van der Waals surface area contributed by atoms with E-state index in [4.69, 9.17) is 22.1 Å². The van der Waals surface area contributed by atoms with E-state index >= 15 is 0 Å². The van der Waals surface area contributed by atoms with Gasteiger partial charge < -0.3 is 10.5 Å². The van der Waals surface area contributed by atoms with Crippen LogP contribution in [-0.2, 0) is 4.74 Å². The first-order valence-electron chi connectivity index (χ1n) is 5.98. The zero-order valence-corrected chi connectivity index (χ0v) is 11.6. The van der Waals surface area contributed by atoms with Gasteiger partial charge in [-0.25, -0.2) is 9.18 Å².